The van der Waals surface area contributed by atoms with Crippen molar-refractivity contribution in [3.63, 3.8) is 0 Å². The van der Waals surface area contributed by atoms with E-state index >= 15 is 0 Å². The summed E-state index contributed by atoms with van der Waals surface area (Å²) >= 11 is 6.33. The van der Waals surface area contributed by atoms with Crippen LogP contribution in [-0.2, 0) is 4.79 Å². The van der Waals surface area contributed by atoms with Crippen molar-refractivity contribution < 1.29 is 9.59 Å². The van der Waals surface area contributed by atoms with E-state index in [9.17, 15) is 9.59 Å². The maximum Gasteiger partial charge on any atom is 0.328 e. The number of imide groups is 1. The highest BCUT2D eigenvalue weighted by molar-refractivity contribution is 6.32. The number of likely N-dealkylation sites (N-methyl/N-ethyl adjacent to an activating group) is 2. The van der Waals surface area contributed by atoms with E-state index in [0.717, 1.165) is 22.6 Å². The van der Waals surface area contributed by atoms with Gasteiger partial charge < -0.3 is 4.90 Å². The average Bonchev–Trinajstić information content (AvgIpc) is 3.13. The molecule has 0 radical (unpaired) electrons. The van der Waals surface area contributed by atoms with Gasteiger partial charge in [-0.3, -0.25) is 19.5 Å². The number of hydrogen-bond donors (Lipinski definition) is 0. The molecule has 2 unspecified atom stereocenters. The Bertz CT molecular complexity index is 925. The van der Waals surface area contributed by atoms with Gasteiger partial charge in [-0.15, -0.1) is 0 Å². The summed E-state index contributed by atoms with van der Waals surface area (Å²) in [6, 6.07) is 4.89. The van der Waals surface area contributed by atoms with E-state index in [1.165, 1.54) is 4.90 Å². The van der Waals surface area contributed by atoms with Gasteiger partial charge in [0, 0.05) is 30.0 Å². The molecule has 1 aromatic rings. The molecular formula is C19H22ClN5O2. The van der Waals surface area contributed by atoms with Crippen LogP contribution in [0.5, 0.6) is 0 Å². The molecule has 142 valence electrons. The van der Waals surface area contributed by atoms with Gasteiger partial charge in [-0.1, -0.05) is 17.7 Å². The number of halogens is 1. The summed E-state index contributed by atoms with van der Waals surface area (Å²) in [5.74, 6) is 0.456. The van der Waals surface area contributed by atoms with Crippen molar-refractivity contribution in [2.75, 3.05) is 18.5 Å². The zero-order chi connectivity index (χ0) is 19.6. The molecule has 7 nitrogen and oxygen atoms in total. The minimum Gasteiger partial charge on any atom is -0.302 e. The second kappa shape index (κ2) is 5.99. The van der Waals surface area contributed by atoms with Crippen LogP contribution in [0.25, 0.3) is 0 Å². The van der Waals surface area contributed by atoms with E-state index in [1.807, 2.05) is 48.8 Å². The first-order chi connectivity index (χ1) is 12.8. The van der Waals surface area contributed by atoms with Gasteiger partial charge in [0.25, 0.3) is 5.91 Å². The molecule has 4 rings (SSSR count). The first-order valence-electron chi connectivity index (χ1n) is 8.97. The normalized spacial score (nSPS) is 24.7. The number of amides is 3. The number of fused-ring (bicyclic) bond motifs is 3. The third-order valence-electron chi connectivity index (χ3n) is 5.69. The Morgan fingerprint density at radius 1 is 1.15 bits per heavy atom. The first-order valence-corrected chi connectivity index (χ1v) is 9.35. The Kier molecular flexibility index (Phi) is 3.96. The largest absolute Gasteiger partial charge is 0.328 e. The van der Waals surface area contributed by atoms with Gasteiger partial charge in [-0.05, 0) is 45.4 Å². The van der Waals surface area contributed by atoms with E-state index in [0.29, 0.717) is 17.5 Å². The Morgan fingerprint density at radius 2 is 1.85 bits per heavy atom. The topological polar surface area (TPSA) is 59.5 Å². The van der Waals surface area contributed by atoms with E-state index in [2.05, 4.69) is 0 Å². The minimum atomic E-state index is -0.540. The Balaban J connectivity index is 1.84. The highest BCUT2D eigenvalue weighted by atomic mass is 35.5. The predicted octanol–water partition coefficient (Wildman–Crippen LogP) is 3.00. The van der Waals surface area contributed by atoms with E-state index in [4.69, 9.17) is 16.6 Å². The SMILES string of the molecule is CCN1C(=O)C2C(N=C3N(c4cccc(Cl)c4C)C(C)=C(C)N32)N(C)C1=O. The summed E-state index contributed by atoms with van der Waals surface area (Å²) in [4.78, 5) is 37.2. The molecule has 1 fully saturated rings. The first kappa shape index (κ1) is 17.9. The lowest BCUT2D eigenvalue weighted by Gasteiger charge is -2.40. The molecule has 3 heterocycles. The molecule has 1 saturated heterocycles. The summed E-state index contributed by atoms with van der Waals surface area (Å²) < 4.78 is 0. The molecule has 3 aliphatic rings. The molecule has 0 spiro atoms. The minimum absolute atomic E-state index is 0.207. The number of allylic oxidation sites excluding steroid dienone is 2. The molecule has 3 amide bonds. The van der Waals surface area contributed by atoms with E-state index in [1.54, 1.807) is 18.9 Å². The number of nitrogens with zero attached hydrogens (tertiary/aromatic N) is 5. The second-order valence-corrected chi connectivity index (χ2v) is 7.43. The third-order valence-corrected chi connectivity index (χ3v) is 6.10. The molecule has 0 bridgehead atoms. The third kappa shape index (κ3) is 2.24. The van der Waals surface area contributed by atoms with Gasteiger partial charge in [0.05, 0.1) is 5.69 Å². The van der Waals surface area contributed by atoms with Crippen LogP contribution in [0.2, 0.25) is 5.02 Å². The van der Waals surface area contributed by atoms with Crippen molar-refractivity contribution in [1.29, 1.82) is 0 Å². The van der Waals surface area contributed by atoms with Crippen molar-refractivity contribution in [3.05, 3.63) is 40.2 Å². The number of aliphatic imine (C=N–C) groups is 1. The maximum atomic E-state index is 13.1. The quantitative estimate of drug-likeness (QED) is 0.782. The second-order valence-electron chi connectivity index (χ2n) is 7.02. The van der Waals surface area contributed by atoms with Crippen molar-refractivity contribution >= 4 is 35.2 Å². The average molecular weight is 388 g/mol. The van der Waals surface area contributed by atoms with Gasteiger partial charge >= 0.3 is 6.03 Å². The summed E-state index contributed by atoms with van der Waals surface area (Å²) in [5, 5.41) is 0.674. The van der Waals surface area contributed by atoms with Crippen LogP contribution < -0.4 is 4.90 Å². The summed E-state index contributed by atoms with van der Waals surface area (Å²) in [5.41, 5.74) is 3.81. The Morgan fingerprint density at radius 3 is 2.52 bits per heavy atom. The number of guanidine groups is 1. The molecule has 0 saturated carbocycles. The van der Waals surface area contributed by atoms with Crippen molar-refractivity contribution in [3.8, 4) is 0 Å². The van der Waals surface area contributed by atoms with Crippen LogP contribution >= 0.6 is 11.6 Å². The number of urea groups is 1. The fourth-order valence-electron chi connectivity index (χ4n) is 4.03. The molecule has 0 aromatic heterocycles. The van der Waals surface area contributed by atoms with Crippen LogP contribution in [-0.4, -0.2) is 58.4 Å². The fraction of sp³-hybridized carbons (Fsp3) is 0.421. The lowest BCUT2D eigenvalue weighted by atomic mass is 10.1. The molecule has 8 heteroatoms. The highest BCUT2D eigenvalue weighted by Gasteiger charge is 2.55. The summed E-state index contributed by atoms with van der Waals surface area (Å²) in [7, 11) is 1.70. The standard InChI is InChI=1S/C19H22ClN5O2/c1-6-23-17(26)15-16(22(5)19(23)27)21-18-24(11(3)12(4)25(15)18)14-9-7-8-13(20)10(14)2/h7-9,15-16H,6H2,1-5H3. The number of anilines is 1. The summed E-state index contributed by atoms with van der Waals surface area (Å²) in [6.45, 7) is 8.09. The van der Waals surface area contributed by atoms with Crippen molar-refractivity contribution in [2.45, 2.75) is 39.9 Å². The van der Waals surface area contributed by atoms with Gasteiger partial charge in [0.2, 0.25) is 5.96 Å². The number of benzene rings is 1. The van der Waals surface area contributed by atoms with Crippen LogP contribution in [0.4, 0.5) is 10.5 Å². The van der Waals surface area contributed by atoms with Gasteiger partial charge in [-0.2, -0.15) is 0 Å². The fourth-order valence-corrected chi connectivity index (χ4v) is 4.20. The lowest BCUT2D eigenvalue weighted by Crippen LogP contribution is -2.64. The number of carbonyl (C=O) groups excluding carboxylic acids is 2. The lowest BCUT2D eigenvalue weighted by molar-refractivity contribution is -0.136. The highest BCUT2D eigenvalue weighted by Crippen LogP contribution is 2.41. The number of rotatable bonds is 2. The monoisotopic (exact) mass is 387 g/mol. The maximum absolute atomic E-state index is 13.1. The van der Waals surface area contributed by atoms with Crippen LogP contribution in [0, 0.1) is 6.92 Å². The Hall–Kier alpha value is -2.54. The van der Waals surface area contributed by atoms with Crippen LogP contribution in [0.3, 0.4) is 0 Å². The zero-order valence-electron chi connectivity index (χ0n) is 16.0. The molecule has 1 aromatic carbocycles. The number of carbonyl (C=O) groups is 2. The van der Waals surface area contributed by atoms with E-state index < -0.39 is 12.2 Å². The molecule has 0 N–H and O–H groups in total. The van der Waals surface area contributed by atoms with E-state index in [-0.39, 0.29) is 11.9 Å². The molecular weight excluding hydrogens is 366 g/mol. The van der Waals surface area contributed by atoms with Crippen molar-refractivity contribution in [2.24, 2.45) is 4.99 Å². The van der Waals surface area contributed by atoms with Gasteiger partial charge in [0.1, 0.15) is 0 Å². The zero-order valence-corrected chi connectivity index (χ0v) is 16.8. The molecule has 0 aliphatic carbocycles. The summed E-state index contributed by atoms with van der Waals surface area (Å²) in [6.07, 6.45) is -0.534. The Labute approximate surface area is 163 Å². The predicted molar refractivity (Wildman–Crippen MR) is 104 cm³/mol. The molecule has 2 atom stereocenters. The number of hydrogen-bond acceptors (Lipinski definition) is 5. The van der Waals surface area contributed by atoms with Crippen LogP contribution in [0.15, 0.2) is 34.6 Å². The smallest absolute Gasteiger partial charge is 0.302 e. The van der Waals surface area contributed by atoms with Crippen LogP contribution in [0.1, 0.15) is 26.3 Å². The molecule has 3 aliphatic heterocycles. The van der Waals surface area contributed by atoms with Gasteiger partial charge in [0.15, 0.2) is 12.2 Å². The molecule has 27 heavy (non-hydrogen) atoms. The van der Waals surface area contributed by atoms with Crippen molar-refractivity contribution in [1.82, 2.24) is 14.7 Å². The van der Waals surface area contributed by atoms with Gasteiger partial charge in [-0.25, -0.2) is 9.79 Å².